The third kappa shape index (κ3) is 5.54. The summed E-state index contributed by atoms with van der Waals surface area (Å²) in [6.45, 7) is 9.44. The summed E-state index contributed by atoms with van der Waals surface area (Å²) < 4.78 is 5.53. The molecule has 0 amide bonds. The van der Waals surface area contributed by atoms with Gasteiger partial charge >= 0.3 is 0 Å². The van der Waals surface area contributed by atoms with Gasteiger partial charge in [-0.1, -0.05) is 29.8 Å². The molecule has 1 aromatic carbocycles. The first kappa shape index (κ1) is 19.9. The molecule has 27 heavy (non-hydrogen) atoms. The van der Waals surface area contributed by atoms with Crippen molar-refractivity contribution < 1.29 is 4.74 Å². The number of thiophene rings is 1. The van der Waals surface area contributed by atoms with Crippen molar-refractivity contribution in [1.29, 1.82) is 0 Å². The van der Waals surface area contributed by atoms with Crippen LogP contribution >= 0.6 is 11.3 Å². The topological polar surface area (TPSA) is 48.9 Å². The fourth-order valence-corrected chi connectivity index (χ4v) is 4.28. The van der Waals surface area contributed by atoms with Crippen molar-refractivity contribution in [2.45, 2.75) is 26.4 Å². The summed E-state index contributed by atoms with van der Waals surface area (Å²) >= 11 is 1.81. The van der Waals surface area contributed by atoms with E-state index in [1.54, 1.807) is 0 Å². The van der Waals surface area contributed by atoms with Crippen molar-refractivity contribution in [3.63, 3.8) is 0 Å². The van der Waals surface area contributed by atoms with Crippen LogP contribution in [-0.4, -0.2) is 50.8 Å². The quantitative estimate of drug-likeness (QED) is 0.592. The van der Waals surface area contributed by atoms with E-state index in [4.69, 9.17) is 4.74 Å². The van der Waals surface area contributed by atoms with Crippen molar-refractivity contribution in [3.8, 4) is 0 Å². The van der Waals surface area contributed by atoms with E-state index in [2.05, 4.69) is 70.1 Å². The Morgan fingerprint density at radius 2 is 2.04 bits per heavy atom. The van der Waals surface area contributed by atoms with Crippen LogP contribution in [0.4, 0.5) is 0 Å². The molecule has 0 spiro atoms. The largest absolute Gasteiger partial charge is 0.379 e. The number of nitrogens with one attached hydrogen (secondary N) is 2. The van der Waals surface area contributed by atoms with Gasteiger partial charge in [-0.05, 0) is 36.4 Å². The molecular formula is C21H30N4OS. The van der Waals surface area contributed by atoms with E-state index < -0.39 is 0 Å². The van der Waals surface area contributed by atoms with Crippen molar-refractivity contribution in [2.24, 2.45) is 4.99 Å². The van der Waals surface area contributed by atoms with Gasteiger partial charge in [0.15, 0.2) is 5.96 Å². The van der Waals surface area contributed by atoms with Gasteiger partial charge in [0.25, 0.3) is 0 Å². The van der Waals surface area contributed by atoms with Crippen molar-refractivity contribution in [2.75, 3.05) is 39.9 Å². The second-order valence-corrected chi connectivity index (χ2v) is 7.90. The van der Waals surface area contributed by atoms with Crippen molar-refractivity contribution >= 4 is 17.3 Å². The molecule has 0 saturated carbocycles. The van der Waals surface area contributed by atoms with Crippen LogP contribution in [0.1, 0.15) is 27.6 Å². The molecule has 1 aliphatic rings. The lowest BCUT2D eigenvalue weighted by Gasteiger charge is -2.34. The first-order valence-corrected chi connectivity index (χ1v) is 10.4. The zero-order valence-electron chi connectivity index (χ0n) is 16.5. The summed E-state index contributed by atoms with van der Waals surface area (Å²) in [5.74, 6) is 0.838. The molecule has 2 N–H and O–H groups in total. The average Bonchev–Trinajstić information content (AvgIpc) is 3.21. The summed E-state index contributed by atoms with van der Waals surface area (Å²) in [4.78, 5) is 8.29. The maximum absolute atomic E-state index is 5.53. The molecule has 0 aliphatic carbocycles. The molecule has 1 aliphatic heterocycles. The monoisotopic (exact) mass is 386 g/mol. The highest BCUT2D eigenvalue weighted by Gasteiger charge is 2.23. The van der Waals surface area contributed by atoms with Gasteiger partial charge in [-0.25, -0.2) is 0 Å². The molecule has 1 fully saturated rings. The van der Waals surface area contributed by atoms with E-state index in [1.165, 1.54) is 21.6 Å². The smallest absolute Gasteiger partial charge is 0.191 e. The van der Waals surface area contributed by atoms with Gasteiger partial charge < -0.3 is 15.4 Å². The van der Waals surface area contributed by atoms with Gasteiger partial charge in [-0.15, -0.1) is 11.3 Å². The zero-order valence-corrected chi connectivity index (χ0v) is 17.3. The van der Waals surface area contributed by atoms with Gasteiger partial charge in [-0.2, -0.15) is 0 Å². The Bertz CT molecular complexity index is 739. The average molecular weight is 387 g/mol. The third-order valence-corrected chi connectivity index (χ3v) is 5.96. The van der Waals surface area contributed by atoms with E-state index in [0.717, 1.165) is 45.4 Å². The molecule has 2 aromatic rings. The number of hydrogen-bond acceptors (Lipinski definition) is 4. The normalized spacial score (nSPS) is 16.9. The number of aliphatic imine (C=N–C) groups is 1. The Morgan fingerprint density at radius 1 is 1.22 bits per heavy atom. The molecule has 1 saturated heterocycles. The lowest BCUT2D eigenvalue weighted by atomic mass is 10.1. The lowest BCUT2D eigenvalue weighted by Crippen LogP contribution is -2.46. The molecule has 1 atom stereocenters. The SMILES string of the molecule is CN=C(NCc1ccc(C)cc1C)NCC(c1cccs1)N1CCOCC1. The number of aryl methyl sites for hydroxylation is 2. The first-order valence-electron chi connectivity index (χ1n) is 9.53. The summed E-state index contributed by atoms with van der Waals surface area (Å²) in [5, 5.41) is 9.12. The lowest BCUT2D eigenvalue weighted by molar-refractivity contribution is 0.0177. The van der Waals surface area contributed by atoms with Crippen LogP contribution in [0.25, 0.3) is 0 Å². The molecule has 146 valence electrons. The molecule has 2 heterocycles. The Balaban J connectivity index is 1.59. The predicted molar refractivity (Wildman–Crippen MR) is 114 cm³/mol. The van der Waals surface area contributed by atoms with Crippen molar-refractivity contribution in [3.05, 3.63) is 57.3 Å². The summed E-state index contributed by atoms with van der Waals surface area (Å²) in [6, 6.07) is 11.3. The van der Waals surface area contributed by atoms with Gasteiger partial charge in [0, 0.05) is 38.1 Å². The second kappa shape index (κ2) is 9.88. The minimum absolute atomic E-state index is 0.341. The Labute approximate surface area is 166 Å². The van der Waals surface area contributed by atoms with Gasteiger partial charge in [0.1, 0.15) is 0 Å². The number of guanidine groups is 1. The summed E-state index contributed by atoms with van der Waals surface area (Å²) in [7, 11) is 1.83. The van der Waals surface area contributed by atoms with Crippen LogP contribution in [0.3, 0.4) is 0 Å². The van der Waals surface area contributed by atoms with Crippen molar-refractivity contribution in [1.82, 2.24) is 15.5 Å². The third-order valence-electron chi connectivity index (χ3n) is 4.99. The Hall–Kier alpha value is -1.89. The van der Waals surface area contributed by atoms with Crippen LogP contribution < -0.4 is 10.6 Å². The standard InChI is InChI=1S/C21H30N4OS/c1-16-6-7-18(17(2)13-16)14-23-21(22-3)24-15-19(20-5-4-12-27-20)25-8-10-26-11-9-25/h4-7,12-13,19H,8-11,14-15H2,1-3H3,(H2,22,23,24). The molecule has 5 nitrogen and oxygen atoms in total. The molecule has 0 radical (unpaired) electrons. The Morgan fingerprint density at radius 3 is 2.70 bits per heavy atom. The second-order valence-electron chi connectivity index (χ2n) is 6.92. The van der Waals surface area contributed by atoms with E-state index in [9.17, 15) is 0 Å². The fourth-order valence-electron chi connectivity index (χ4n) is 3.42. The minimum Gasteiger partial charge on any atom is -0.379 e. The number of ether oxygens (including phenoxy) is 1. The number of rotatable bonds is 6. The van der Waals surface area contributed by atoms with Gasteiger partial charge in [0.2, 0.25) is 0 Å². The van der Waals surface area contributed by atoms with E-state index >= 15 is 0 Å². The van der Waals surface area contributed by atoms with Gasteiger partial charge in [0.05, 0.1) is 19.3 Å². The molecule has 6 heteroatoms. The van der Waals surface area contributed by atoms with Crippen LogP contribution in [0.2, 0.25) is 0 Å². The van der Waals surface area contributed by atoms with E-state index in [1.807, 2.05) is 18.4 Å². The van der Waals surface area contributed by atoms with E-state index in [0.29, 0.717) is 6.04 Å². The zero-order chi connectivity index (χ0) is 19.1. The first-order chi connectivity index (χ1) is 13.2. The maximum Gasteiger partial charge on any atom is 0.191 e. The molecule has 1 unspecified atom stereocenters. The van der Waals surface area contributed by atoms with Gasteiger partial charge in [-0.3, -0.25) is 9.89 Å². The minimum atomic E-state index is 0.341. The predicted octanol–water partition coefficient (Wildman–Crippen LogP) is 3.10. The molecule has 0 bridgehead atoms. The number of morpholine rings is 1. The van der Waals surface area contributed by atoms with E-state index in [-0.39, 0.29) is 0 Å². The van der Waals surface area contributed by atoms with Crippen LogP contribution in [0.15, 0.2) is 40.7 Å². The highest BCUT2D eigenvalue weighted by atomic mass is 32.1. The van der Waals surface area contributed by atoms with Crippen LogP contribution in [0, 0.1) is 13.8 Å². The summed E-state index contributed by atoms with van der Waals surface area (Å²) in [5.41, 5.74) is 3.90. The summed E-state index contributed by atoms with van der Waals surface area (Å²) in [6.07, 6.45) is 0. The number of nitrogens with zero attached hydrogens (tertiary/aromatic N) is 2. The highest BCUT2D eigenvalue weighted by molar-refractivity contribution is 7.10. The molecule has 3 rings (SSSR count). The maximum atomic E-state index is 5.53. The fraction of sp³-hybridized carbons (Fsp3) is 0.476. The highest BCUT2D eigenvalue weighted by Crippen LogP contribution is 2.25. The van der Waals surface area contributed by atoms with Crippen LogP contribution in [-0.2, 0) is 11.3 Å². The molecular weight excluding hydrogens is 356 g/mol. The number of benzene rings is 1. The van der Waals surface area contributed by atoms with Crippen LogP contribution in [0.5, 0.6) is 0 Å². The molecule has 1 aromatic heterocycles. The Kier molecular flexibility index (Phi) is 7.26. The number of hydrogen-bond donors (Lipinski definition) is 2.